The number of ether oxygens (including phenoxy) is 1. The minimum atomic E-state index is -0.953. The van der Waals surface area contributed by atoms with Gasteiger partial charge in [-0.05, 0) is 62.2 Å². The van der Waals surface area contributed by atoms with Gasteiger partial charge >= 0.3 is 0 Å². The van der Waals surface area contributed by atoms with Crippen molar-refractivity contribution in [2.75, 3.05) is 27.7 Å². The highest BCUT2D eigenvalue weighted by atomic mass is 16.5. The third-order valence-corrected chi connectivity index (χ3v) is 5.56. The SMILES string of the molecule is COc1cccc(C=C2CCCCC(CN(C)C)C2(O)c2ccccc2)c1. The molecule has 27 heavy (non-hydrogen) atoms. The molecule has 1 N–H and O–H groups in total. The lowest BCUT2D eigenvalue weighted by atomic mass is 9.74. The average molecular weight is 366 g/mol. The lowest BCUT2D eigenvalue weighted by Gasteiger charge is -2.39. The summed E-state index contributed by atoms with van der Waals surface area (Å²) in [6.45, 7) is 0.862. The van der Waals surface area contributed by atoms with E-state index in [0.29, 0.717) is 0 Å². The first-order valence-electron chi connectivity index (χ1n) is 9.81. The Morgan fingerprint density at radius 1 is 1.11 bits per heavy atom. The summed E-state index contributed by atoms with van der Waals surface area (Å²) in [7, 11) is 5.86. The van der Waals surface area contributed by atoms with Gasteiger partial charge < -0.3 is 14.7 Å². The number of hydrogen-bond acceptors (Lipinski definition) is 3. The maximum atomic E-state index is 12.2. The molecule has 1 aliphatic rings. The van der Waals surface area contributed by atoms with E-state index in [1.54, 1.807) is 7.11 Å². The van der Waals surface area contributed by atoms with Gasteiger partial charge in [0.25, 0.3) is 0 Å². The van der Waals surface area contributed by atoms with Crippen molar-refractivity contribution in [3.63, 3.8) is 0 Å². The highest BCUT2D eigenvalue weighted by molar-refractivity contribution is 5.58. The van der Waals surface area contributed by atoms with Crippen molar-refractivity contribution in [3.8, 4) is 5.75 Å². The van der Waals surface area contributed by atoms with E-state index in [1.807, 2.05) is 36.4 Å². The molecule has 0 saturated heterocycles. The van der Waals surface area contributed by atoms with Crippen molar-refractivity contribution >= 4 is 6.08 Å². The average Bonchev–Trinajstić information content (AvgIpc) is 2.83. The van der Waals surface area contributed by atoms with Crippen molar-refractivity contribution in [1.82, 2.24) is 4.90 Å². The minimum Gasteiger partial charge on any atom is -0.497 e. The molecular weight excluding hydrogens is 334 g/mol. The first kappa shape index (κ1) is 19.7. The summed E-state index contributed by atoms with van der Waals surface area (Å²) in [5.41, 5.74) is 2.22. The van der Waals surface area contributed by atoms with Crippen molar-refractivity contribution < 1.29 is 9.84 Å². The fraction of sp³-hybridized carbons (Fsp3) is 0.417. The maximum Gasteiger partial charge on any atom is 0.119 e. The van der Waals surface area contributed by atoms with Gasteiger partial charge in [-0.15, -0.1) is 0 Å². The smallest absolute Gasteiger partial charge is 0.119 e. The van der Waals surface area contributed by atoms with Crippen LogP contribution in [0.3, 0.4) is 0 Å². The molecule has 0 spiro atoms. The van der Waals surface area contributed by atoms with Crippen LogP contribution in [0, 0.1) is 5.92 Å². The Hall–Kier alpha value is -2.10. The maximum absolute atomic E-state index is 12.2. The third kappa shape index (κ3) is 4.42. The topological polar surface area (TPSA) is 32.7 Å². The molecule has 3 heteroatoms. The minimum absolute atomic E-state index is 0.161. The molecule has 0 amide bonds. The van der Waals surface area contributed by atoms with Crippen LogP contribution in [0.1, 0.15) is 36.8 Å². The van der Waals surface area contributed by atoms with Gasteiger partial charge in [0, 0.05) is 12.5 Å². The molecule has 2 aromatic carbocycles. The normalized spacial score (nSPS) is 24.8. The molecule has 2 aromatic rings. The summed E-state index contributed by atoms with van der Waals surface area (Å²) >= 11 is 0. The third-order valence-electron chi connectivity index (χ3n) is 5.56. The standard InChI is InChI=1S/C24H31NO2/c1-25(2)18-22-14-8-7-13-21(16-19-10-9-15-23(17-19)27-3)24(22,26)20-11-5-4-6-12-20/h4-6,9-12,15-17,22,26H,7-8,13-14,18H2,1-3H3. The number of methoxy groups -OCH3 is 1. The van der Waals surface area contributed by atoms with E-state index in [-0.39, 0.29) is 5.92 Å². The molecule has 1 aliphatic carbocycles. The van der Waals surface area contributed by atoms with Gasteiger partial charge in [0.2, 0.25) is 0 Å². The summed E-state index contributed by atoms with van der Waals surface area (Å²) in [5.74, 6) is 1.00. The molecule has 0 radical (unpaired) electrons. The summed E-state index contributed by atoms with van der Waals surface area (Å²) in [4.78, 5) is 2.19. The number of nitrogens with zero attached hydrogens (tertiary/aromatic N) is 1. The zero-order valence-corrected chi connectivity index (χ0v) is 16.7. The summed E-state index contributed by atoms with van der Waals surface area (Å²) in [6.07, 6.45) is 6.35. The molecule has 0 bridgehead atoms. The van der Waals surface area contributed by atoms with Crippen molar-refractivity contribution in [2.45, 2.75) is 31.3 Å². The number of rotatable bonds is 5. The molecule has 0 aliphatic heterocycles. The van der Waals surface area contributed by atoms with E-state index in [4.69, 9.17) is 4.74 Å². The van der Waals surface area contributed by atoms with Crippen molar-refractivity contribution in [3.05, 3.63) is 71.3 Å². The van der Waals surface area contributed by atoms with Gasteiger partial charge in [-0.1, -0.05) is 55.0 Å². The predicted molar refractivity (Wildman–Crippen MR) is 112 cm³/mol. The van der Waals surface area contributed by atoms with Gasteiger partial charge in [0.05, 0.1) is 7.11 Å². The Morgan fingerprint density at radius 3 is 2.59 bits per heavy atom. The molecule has 2 unspecified atom stereocenters. The molecule has 3 rings (SSSR count). The van der Waals surface area contributed by atoms with Gasteiger partial charge in [-0.25, -0.2) is 0 Å². The number of aliphatic hydroxyl groups is 1. The Morgan fingerprint density at radius 2 is 1.89 bits per heavy atom. The van der Waals surface area contributed by atoms with Gasteiger partial charge in [-0.2, -0.15) is 0 Å². The van der Waals surface area contributed by atoms with E-state index < -0.39 is 5.60 Å². The fourth-order valence-corrected chi connectivity index (χ4v) is 4.26. The molecule has 0 aromatic heterocycles. The monoisotopic (exact) mass is 365 g/mol. The highest BCUT2D eigenvalue weighted by Crippen LogP contribution is 2.45. The lowest BCUT2D eigenvalue weighted by Crippen LogP contribution is -2.41. The van der Waals surface area contributed by atoms with E-state index in [1.165, 1.54) is 0 Å². The van der Waals surface area contributed by atoms with E-state index in [9.17, 15) is 5.11 Å². The van der Waals surface area contributed by atoms with Gasteiger partial charge in [0.15, 0.2) is 0 Å². The highest BCUT2D eigenvalue weighted by Gasteiger charge is 2.42. The Labute approximate surface area is 163 Å². The van der Waals surface area contributed by atoms with Crippen LogP contribution in [-0.4, -0.2) is 37.8 Å². The molecule has 1 fully saturated rings. The Bertz CT molecular complexity index is 769. The molecule has 144 valence electrons. The summed E-state index contributed by atoms with van der Waals surface area (Å²) < 4.78 is 5.38. The molecular formula is C24H31NO2. The molecule has 2 atom stereocenters. The summed E-state index contributed by atoms with van der Waals surface area (Å²) in [5, 5.41) is 12.2. The first-order valence-corrected chi connectivity index (χ1v) is 9.81. The van der Waals surface area contributed by atoms with Gasteiger partial charge in [0.1, 0.15) is 11.4 Å². The van der Waals surface area contributed by atoms with E-state index >= 15 is 0 Å². The van der Waals surface area contributed by atoms with Crippen LogP contribution in [0.2, 0.25) is 0 Å². The largest absolute Gasteiger partial charge is 0.497 e. The zero-order valence-electron chi connectivity index (χ0n) is 16.7. The second kappa shape index (κ2) is 8.73. The van der Waals surface area contributed by atoms with Gasteiger partial charge in [-0.3, -0.25) is 0 Å². The van der Waals surface area contributed by atoms with Crippen LogP contribution >= 0.6 is 0 Å². The second-order valence-electron chi connectivity index (χ2n) is 7.78. The second-order valence-corrected chi connectivity index (χ2v) is 7.78. The van der Waals surface area contributed by atoms with Crippen LogP contribution in [0.15, 0.2) is 60.2 Å². The van der Waals surface area contributed by atoms with Crippen molar-refractivity contribution in [2.24, 2.45) is 5.92 Å². The quantitative estimate of drug-likeness (QED) is 0.778. The lowest BCUT2D eigenvalue weighted by molar-refractivity contribution is 0.000487. The van der Waals surface area contributed by atoms with Crippen LogP contribution < -0.4 is 4.74 Å². The molecule has 1 saturated carbocycles. The van der Waals surface area contributed by atoms with Crippen LogP contribution in [0.5, 0.6) is 5.75 Å². The molecule has 0 heterocycles. The van der Waals surface area contributed by atoms with E-state index in [0.717, 1.165) is 54.7 Å². The zero-order chi connectivity index (χ0) is 19.3. The van der Waals surface area contributed by atoms with Crippen LogP contribution in [-0.2, 0) is 5.60 Å². The Kier molecular flexibility index (Phi) is 6.35. The van der Waals surface area contributed by atoms with Crippen molar-refractivity contribution in [1.29, 1.82) is 0 Å². The Balaban J connectivity index is 2.11. The number of hydrogen-bond donors (Lipinski definition) is 1. The summed E-state index contributed by atoms with van der Waals surface area (Å²) in [6, 6.07) is 18.2. The van der Waals surface area contributed by atoms with E-state index in [2.05, 4.69) is 43.3 Å². The molecule has 3 nitrogen and oxygen atoms in total. The predicted octanol–water partition coefficient (Wildman–Crippen LogP) is 4.72. The first-order chi connectivity index (χ1) is 13.0. The van der Waals surface area contributed by atoms with Crippen LogP contribution in [0.25, 0.3) is 6.08 Å². The van der Waals surface area contributed by atoms with Crippen LogP contribution in [0.4, 0.5) is 0 Å². The fourth-order valence-electron chi connectivity index (χ4n) is 4.26. The number of benzene rings is 2.